The van der Waals surface area contributed by atoms with Crippen molar-refractivity contribution in [2.45, 2.75) is 19.4 Å². The van der Waals surface area contributed by atoms with E-state index in [9.17, 15) is 4.79 Å². The van der Waals surface area contributed by atoms with E-state index in [-0.39, 0.29) is 5.97 Å². The maximum atomic E-state index is 12.0. The Morgan fingerprint density at radius 1 is 0.857 bits per heavy atom. The highest BCUT2D eigenvalue weighted by molar-refractivity contribution is 5.89. The molecule has 0 spiro atoms. The fourth-order valence-electron chi connectivity index (χ4n) is 2.82. The van der Waals surface area contributed by atoms with Crippen molar-refractivity contribution in [3.63, 3.8) is 0 Å². The van der Waals surface area contributed by atoms with Crippen LogP contribution in [0.2, 0.25) is 0 Å². The lowest BCUT2D eigenvalue weighted by Crippen LogP contribution is -2.07. The Morgan fingerprint density at radius 3 is 2.32 bits per heavy atom. The normalized spacial score (nSPS) is 10.3. The topological polar surface area (TPSA) is 44.8 Å². The van der Waals surface area contributed by atoms with Gasteiger partial charge < -0.3 is 14.2 Å². The quantitative estimate of drug-likeness (QED) is 0.387. The number of carbonyl (C=O) groups excluding carboxylic acids is 1. The van der Waals surface area contributed by atoms with Crippen LogP contribution in [0, 0.1) is 0 Å². The Hall–Kier alpha value is -3.27. The predicted molar refractivity (Wildman–Crippen MR) is 109 cm³/mol. The molecule has 0 atom stereocenters. The zero-order valence-corrected chi connectivity index (χ0v) is 16.0. The van der Waals surface area contributed by atoms with Gasteiger partial charge in [-0.1, -0.05) is 48.5 Å². The van der Waals surface area contributed by atoms with Crippen LogP contribution in [0.4, 0.5) is 0 Å². The molecule has 0 aliphatic carbocycles. The second kappa shape index (κ2) is 10.2. The molecule has 0 aliphatic rings. The average Bonchev–Trinajstić information content (AvgIpc) is 2.76. The first-order valence-corrected chi connectivity index (χ1v) is 9.32. The third-order valence-electron chi connectivity index (χ3n) is 4.36. The number of aryl methyl sites for hydroxylation is 1. The molecule has 4 heteroatoms. The Balaban J connectivity index is 1.48. The number of methoxy groups -OCH3 is 1. The van der Waals surface area contributed by atoms with Gasteiger partial charge in [-0.2, -0.15) is 0 Å². The summed E-state index contributed by atoms with van der Waals surface area (Å²) in [6.07, 6.45) is 1.52. The molecule has 0 bridgehead atoms. The van der Waals surface area contributed by atoms with Crippen molar-refractivity contribution in [2.24, 2.45) is 0 Å². The van der Waals surface area contributed by atoms with Gasteiger partial charge in [-0.25, -0.2) is 4.79 Å². The molecule has 4 nitrogen and oxygen atoms in total. The van der Waals surface area contributed by atoms with Gasteiger partial charge in [-0.15, -0.1) is 0 Å². The summed E-state index contributed by atoms with van der Waals surface area (Å²) in [7, 11) is 1.65. The minimum Gasteiger partial charge on any atom is -0.497 e. The number of hydrogen-bond acceptors (Lipinski definition) is 4. The maximum Gasteiger partial charge on any atom is 0.338 e. The number of ether oxygens (including phenoxy) is 3. The third-order valence-corrected chi connectivity index (χ3v) is 4.36. The lowest BCUT2D eigenvalue weighted by atomic mass is 10.1. The highest BCUT2D eigenvalue weighted by Crippen LogP contribution is 2.21. The zero-order valence-electron chi connectivity index (χ0n) is 16.0. The smallest absolute Gasteiger partial charge is 0.338 e. The highest BCUT2D eigenvalue weighted by atomic mass is 16.5. The predicted octanol–water partition coefficient (Wildman–Crippen LogP) is 5.06. The molecular weight excluding hydrogens is 352 g/mol. The Labute approximate surface area is 165 Å². The fourth-order valence-corrected chi connectivity index (χ4v) is 2.82. The van der Waals surface area contributed by atoms with E-state index < -0.39 is 0 Å². The highest BCUT2D eigenvalue weighted by Gasteiger charge is 2.07. The molecule has 0 aromatic heterocycles. The number of benzene rings is 3. The Bertz CT molecular complexity index is 873. The molecule has 0 saturated heterocycles. The molecule has 0 saturated carbocycles. The summed E-state index contributed by atoms with van der Waals surface area (Å²) >= 11 is 0. The number of esters is 1. The Morgan fingerprint density at radius 2 is 1.57 bits per heavy atom. The maximum absolute atomic E-state index is 12.0. The minimum absolute atomic E-state index is 0.287. The molecule has 0 amide bonds. The summed E-state index contributed by atoms with van der Waals surface area (Å²) in [5.74, 6) is 1.39. The van der Waals surface area contributed by atoms with Gasteiger partial charge in [0.1, 0.15) is 18.1 Å². The van der Waals surface area contributed by atoms with Crippen LogP contribution in [-0.2, 0) is 17.8 Å². The van der Waals surface area contributed by atoms with Gasteiger partial charge in [0.25, 0.3) is 0 Å². The average molecular weight is 376 g/mol. The van der Waals surface area contributed by atoms with E-state index in [2.05, 4.69) is 0 Å². The molecule has 0 aliphatic heterocycles. The van der Waals surface area contributed by atoms with E-state index >= 15 is 0 Å². The van der Waals surface area contributed by atoms with E-state index in [0.717, 1.165) is 35.5 Å². The van der Waals surface area contributed by atoms with Gasteiger partial charge >= 0.3 is 5.97 Å². The van der Waals surface area contributed by atoms with Crippen molar-refractivity contribution in [3.05, 3.63) is 95.6 Å². The summed E-state index contributed by atoms with van der Waals surface area (Å²) in [5, 5.41) is 0. The van der Waals surface area contributed by atoms with Crippen LogP contribution in [-0.4, -0.2) is 19.7 Å². The van der Waals surface area contributed by atoms with Crippen molar-refractivity contribution in [3.8, 4) is 11.5 Å². The summed E-state index contributed by atoms with van der Waals surface area (Å²) < 4.78 is 16.5. The second-order valence-corrected chi connectivity index (χ2v) is 6.35. The van der Waals surface area contributed by atoms with Gasteiger partial charge in [0, 0.05) is 0 Å². The van der Waals surface area contributed by atoms with Crippen LogP contribution in [0.15, 0.2) is 78.9 Å². The van der Waals surface area contributed by atoms with Crippen LogP contribution < -0.4 is 9.47 Å². The Kier molecular flexibility index (Phi) is 7.08. The monoisotopic (exact) mass is 376 g/mol. The van der Waals surface area contributed by atoms with Crippen LogP contribution in [0.5, 0.6) is 11.5 Å². The first kappa shape index (κ1) is 19.5. The molecule has 0 radical (unpaired) electrons. The largest absolute Gasteiger partial charge is 0.497 e. The molecule has 0 N–H and O–H groups in total. The summed E-state index contributed by atoms with van der Waals surface area (Å²) in [6, 6.07) is 24.8. The number of para-hydroxylation sites is 1. The number of hydrogen-bond donors (Lipinski definition) is 0. The van der Waals surface area contributed by atoms with Crippen LogP contribution in [0.1, 0.15) is 27.9 Å². The summed E-state index contributed by atoms with van der Waals surface area (Å²) in [5.41, 5.74) is 2.75. The molecule has 0 fully saturated rings. The van der Waals surface area contributed by atoms with Crippen molar-refractivity contribution < 1.29 is 19.0 Å². The second-order valence-electron chi connectivity index (χ2n) is 6.35. The number of rotatable bonds is 9. The molecule has 3 rings (SSSR count). The van der Waals surface area contributed by atoms with E-state index in [1.807, 2.05) is 66.7 Å². The van der Waals surface area contributed by atoms with Crippen molar-refractivity contribution in [1.29, 1.82) is 0 Å². The lowest BCUT2D eigenvalue weighted by molar-refractivity contribution is 0.0500. The molecule has 0 heterocycles. The molecule has 3 aromatic rings. The van der Waals surface area contributed by atoms with Crippen molar-refractivity contribution in [1.82, 2.24) is 0 Å². The van der Waals surface area contributed by atoms with Crippen molar-refractivity contribution >= 4 is 5.97 Å². The molecule has 28 heavy (non-hydrogen) atoms. The first-order chi connectivity index (χ1) is 13.8. The first-order valence-electron chi connectivity index (χ1n) is 9.32. The zero-order chi connectivity index (χ0) is 19.6. The SMILES string of the molecule is COc1ccc(COc2ccccc2CCCOC(=O)c2ccccc2)cc1. The van der Waals surface area contributed by atoms with E-state index in [1.165, 1.54) is 0 Å². The molecule has 0 unspecified atom stereocenters. The summed E-state index contributed by atoms with van der Waals surface area (Å²) in [6.45, 7) is 0.866. The van der Waals surface area contributed by atoms with E-state index in [0.29, 0.717) is 18.8 Å². The van der Waals surface area contributed by atoms with Gasteiger partial charge in [-0.05, 0) is 54.3 Å². The molecule has 3 aromatic carbocycles. The summed E-state index contributed by atoms with van der Waals surface area (Å²) in [4.78, 5) is 12.0. The molecular formula is C24H24O4. The molecule has 144 valence electrons. The van der Waals surface area contributed by atoms with Gasteiger partial charge in [0.2, 0.25) is 0 Å². The van der Waals surface area contributed by atoms with E-state index in [1.54, 1.807) is 19.2 Å². The van der Waals surface area contributed by atoms with Crippen LogP contribution in [0.25, 0.3) is 0 Å². The lowest BCUT2D eigenvalue weighted by Gasteiger charge is -2.12. The van der Waals surface area contributed by atoms with E-state index in [4.69, 9.17) is 14.2 Å². The van der Waals surface area contributed by atoms with Gasteiger partial charge in [0.05, 0.1) is 19.3 Å². The number of carbonyl (C=O) groups is 1. The van der Waals surface area contributed by atoms with Gasteiger partial charge in [0.15, 0.2) is 0 Å². The standard InChI is InChI=1S/C24H24O4/c1-26-22-15-13-19(14-16-22)18-28-23-12-6-5-8-20(23)11-7-17-27-24(25)21-9-3-2-4-10-21/h2-6,8-10,12-16H,7,11,17-18H2,1H3. The van der Waals surface area contributed by atoms with Crippen LogP contribution >= 0.6 is 0 Å². The fraction of sp³-hybridized carbons (Fsp3) is 0.208. The minimum atomic E-state index is -0.287. The van der Waals surface area contributed by atoms with Gasteiger partial charge in [-0.3, -0.25) is 0 Å². The third kappa shape index (κ3) is 5.61. The van der Waals surface area contributed by atoms with Crippen LogP contribution in [0.3, 0.4) is 0 Å². The van der Waals surface area contributed by atoms with Crippen molar-refractivity contribution in [2.75, 3.05) is 13.7 Å².